The summed E-state index contributed by atoms with van der Waals surface area (Å²) in [4.78, 5) is 17.0. The lowest BCUT2D eigenvalue weighted by molar-refractivity contribution is -0.128. The molecule has 17 heavy (non-hydrogen) atoms. The first-order valence-electron chi connectivity index (χ1n) is 5.62. The molecule has 0 atom stereocenters. The standard InChI is InChI=1S/C11H24N4O.HI/c1-9(2)8-14-11(12-3)13-7-6-10(16)15(4)5;/h9H,6-8H2,1-5H3,(H2,12,13,14);1H. The van der Waals surface area contributed by atoms with Crippen LogP contribution < -0.4 is 10.6 Å². The number of hydrogen-bond donors (Lipinski definition) is 2. The Bertz CT molecular complexity index is 242. The van der Waals surface area contributed by atoms with Crippen molar-refractivity contribution >= 4 is 35.8 Å². The molecular formula is C11H25IN4O. The number of carbonyl (C=O) groups is 1. The van der Waals surface area contributed by atoms with Gasteiger partial charge in [0.2, 0.25) is 5.91 Å². The van der Waals surface area contributed by atoms with Gasteiger partial charge in [-0.05, 0) is 5.92 Å². The molecular weight excluding hydrogens is 331 g/mol. The molecule has 0 unspecified atom stereocenters. The highest BCUT2D eigenvalue weighted by Gasteiger charge is 2.04. The highest BCUT2D eigenvalue weighted by Crippen LogP contribution is 1.88. The predicted molar refractivity (Wildman–Crippen MR) is 82.9 cm³/mol. The SMILES string of the molecule is CN=C(NCCC(=O)N(C)C)NCC(C)C.I. The fraction of sp³-hybridized carbons (Fsp3) is 0.818. The van der Waals surface area contributed by atoms with Crippen molar-refractivity contribution in [2.75, 3.05) is 34.2 Å². The average Bonchev–Trinajstić information content (AvgIpc) is 2.22. The van der Waals surface area contributed by atoms with Crippen molar-refractivity contribution in [1.29, 1.82) is 0 Å². The van der Waals surface area contributed by atoms with E-state index in [4.69, 9.17) is 0 Å². The number of carbonyl (C=O) groups excluding carboxylic acids is 1. The van der Waals surface area contributed by atoms with Crippen molar-refractivity contribution in [1.82, 2.24) is 15.5 Å². The highest BCUT2D eigenvalue weighted by atomic mass is 127. The highest BCUT2D eigenvalue weighted by molar-refractivity contribution is 14.0. The number of nitrogens with one attached hydrogen (secondary N) is 2. The van der Waals surface area contributed by atoms with Crippen LogP contribution in [-0.2, 0) is 4.79 Å². The summed E-state index contributed by atoms with van der Waals surface area (Å²) in [5, 5.41) is 6.29. The van der Waals surface area contributed by atoms with Crippen LogP contribution in [0.25, 0.3) is 0 Å². The second kappa shape index (κ2) is 10.6. The Morgan fingerprint density at radius 1 is 1.29 bits per heavy atom. The van der Waals surface area contributed by atoms with Crippen LogP contribution in [0.4, 0.5) is 0 Å². The molecule has 0 saturated heterocycles. The van der Waals surface area contributed by atoms with Crippen molar-refractivity contribution in [3.63, 3.8) is 0 Å². The Morgan fingerprint density at radius 2 is 1.88 bits per heavy atom. The van der Waals surface area contributed by atoms with Gasteiger partial charge in [-0.1, -0.05) is 13.8 Å². The Labute approximate surface area is 121 Å². The number of aliphatic imine (C=N–C) groups is 1. The van der Waals surface area contributed by atoms with Crippen LogP contribution in [0.5, 0.6) is 0 Å². The van der Waals surface area contributed by atoms with Crippen LogP contribution in [0.3, 0.4) is 0 Å². The van der Waals surface area contributed by atoms with Crippen molar-refractivity contribution < 1.29 is 4.79 Å². The van der Waals surface area contributed by atoms with Crippen LogP contribution in [0.2, 0.25) is 0 Å². The molecule has 0 spiro atoms. The second-order valence-electron chi connectivity index (χ2n) is 4.31. The minimum atomic E-state index is 0. The maximum Gasteiger partial charge on any atom is 0.223 e. The minimum Gasteiger partial charge on any atom is -0.356 e. The van der Waals surface area contributed by atoms with Gasteiger partial charge in [-0.15, -0.1) is 24.0 Å². The summed E-state index contributed by atoms with van der Waals surface area (Å²) in [6, 6.07) is 0. The van der Waals surface area contributed by atoms with E-state index in [0.717, 1.165) is 12.5 Å². The largest absolute Gasteiger partial charge is 0.356 e. The lowest BCUT2D eigenvalue weighted by Crippen LogP contribution is -2.40. The summed E-state index contributed by atoms with van der Waals surface area (Å²) in [6.07, 6.45) is 0.482. The molecule has 1 amide bonds. The Hall–Kier alpha value is -0.530. The molecule has 0 aliphatic rings. The third-order valence-corrected chi connectivity index (χ3v) is 2.03. The quantitative estimate of drug-likeness (QED) is 0.437. The maximum atomic E-state index is 11.3. The summed E-state index contributed by atoms with van der Waals surface area (Å²) >= 11 is 0. The van der Waals surface area contributed by atoms with Gasteiger partial charge in [-0.3, -0.25) is 9.79 Å². The van der Waals surface area contributed by atoms with Gasteiger partial charge >= 0.3 is 0 Å². The number of nitrogens with zero attached hydrogens (tertiary/aromatic N) is 2. The summed E-state index contributed by atoms with van der Waals surface area (Å²) < 4.78 is 0. The van der Waals surface area contributed by atoms with Gasteiger partial charge in [0.1, 0.15) is 0 Å². The molecule has 102 valence electrons. The van der Waals surface area contributed by atoms with Gasteiger partial charge in [-0.2, -0.15) is 0 Å². The summed E-state index contributed by atoms with van der Waals surface area (Å²) in [5.41, 5.74) is 0. The first-order chi connectivity index (χ1) is 7.47. The maximum absolute atomic E-state index is 11.3. The third-order valence-electron chi connectivity index (χ3n) is 2.03. The second-order valence-corrected chi connectivity index (χ2v) is 4.31. The lowest BCUT2D eigenvalue weighted by atomic mass is 10.2. The lowest BCUT2D eigenvalue weighted by Gasteiger charge is -2.14. The van der Waals surface area contributed by atoms with Gasteiger partial charge in [0.25, 0.3) is 0 Å². The normalized spacial score (nSPS) is 10.8. The van der Waals surface area contributed by atoms with E-state index in [1.807, 2.05) is 0 Å². The fourth-order valence-electron chi connectivity index (χ4n) is 1.03. The van der Waals surface area contributed by atoms with Crippen molar-refractivity contribution in [3.8, 4) is 0 Å². The number of rotatable bonds is 5. The number of halogens is 1. The smallest absolute Gasteiger partial charge is 0.223 e. The van der Waals surface area contributed by atoms with Gasteiger partial charge in [-0.25, -0.2) is 0 Å². The van der Waals surface area contributed by atoms with Crippen LogP contribution in [-0.4, -0.2) is 51.0 Å². The average molecular weight is 356 g/mol. The zero-order valence-electron chi connectivity index (χ0n) is 11.4. The van der Waals surface area contributed by atoms with Crippen molar-refractivity contribution in [2.45, 2.75) is 20.3 Å². The van der Waals surface area contributed by atoms with E-state index in [9.17, 15) is 4.79 Å². The summed E-state index contributed by atoms with van der Waals surface area (Å²) in [6.45, 7) is 5.75. The van der Waals surface area contributed by atoms with Crippen molar-refractivity contribution in [3.05, 3.63) is 0 Å². The van der Waals surface area contributed by atoms with E-state index in [1.165, 1.54) is 0 Å². The van der Waals surface area contributed by atoms with E-state index in [1.54, 1.807) is 26.0 Å². The van der Waals surface area contributed by atoms with E-state index >= 15 is 0 Å². The molecule has 0 rings (SSSR count). The molecule has 0 fully saturated rings. The Balaban J connectivity index is 0. The van der Waals surface area contributed by atoms with Crippen molar-refractivity contribution in [2.24, 2.45) is 10.9 Å². The first kappa shape index (κ1) is 18.8. The molecule has 0 heterocycles. The van der Waals surface area contributed by atoms with Crippen LogP contribution in [0.1, 0.15) is 20.3 Å². The number of hydrogen-bond acceptors (Lipinski definition) is 2. The number of amides is 1. The molecule has 0 aliphatic carbocycles. The summed E-state index contributed by atoms with van der Waals surface area (Å²) in [7, 11) is 5.24. The minimum absolute atomic E-state index is 0. The molecule has 0 radical (unpaired) electrons. The van der Waals surface area contributed by atoms with Gasteiger partial charge < -0.3 is 15.5 Å². The Morgan fingerprint density at radius 3 is 2.29 bits per heavy atom. The molecule has 2 N–H and O–H groups in total. The van der Waals surface area contributed by atoms with Gasteiger partial charge in [0, 0.05) is 40.7 Å². The number of guanidine groups is 1. The monoisotopic (exact) mass is 356 g/mol. The molecule has 0 aromatic rings. The van der Waals surface area contributed by atoms with Crippen LogP contribution in [0.15, 0.2) is 4.99 Å². The first-order valence-corrected chi connectivity index (χ1v) is 5.62. The molecule has 0 aromatic carbocycles. The zero-order chi connectivity index (χ0) is 12.6. The molecule has 0 saturated carbocycles. The molecule has 5 nitrogen and oxygen atoms in total. The van der Waals surface area contributed by atoms with Gasteiger partial charge in [0.05, 0.1) is 0 Å². The van der Waals surface area contributed by atoms with E-state index in [0.29, 0.717) is 18.9 Å². The Kier molecular flexibility index (Phi) is 11.8. The molecule has 0 aliphatic heterocycles. The van der Waals surface area contributed by atoms with E-state index in [-0.39, 0.29) is 29.9 Å². The summed E-state index contributed by atoms with van der Waals surface area (Å²) in [5.74, 6) is 1.44. The topological polar surface area (TPSA) is 56.7 Å². The molecule has 0 aromatic heterocycles. The predicted octanol–water partition coefficient (Wildman–Crippen LogP) is 0.904. The zero-order valence-corrected chi connectivity index (χ0v) is 13.7. The van der Waals surface area contributed by atoms with Crippen LogP contribution in [0, 0.1) is 5.92 Å². The fourth-order valence-corrected chi connectivity index (χ4v) is 1.03. The molecule has 6 heteroatoms. The molecule has 0 bridgehead atoms. The van der Waals surface area contributed by atoms with E-state index in [2.05, 4.69) is 29.5 Å². The third kappa shape index (κ3) is 10.3. The van der Waals surface area contributed by atoms with E-state index < -0.39 is 0 Å². The van der Waals surface area contributed by atoms with Crippen LogP contribution >= 0.6 is 24.0 Å². The van der Waals surface area contributed by atoms with Gasteiger partial charge in [0.15, 0.2) is 5.96 Å².